The van der Waals surface area contributed by atoms with Crippen molar-refractivity contribution in [3.8, 4) is 11.5 Å². The predicted molar refractivity (Wildman–Crippen MR) is 98.9 cm³/mol. The van der Waals surface area contributed by atoms with Crippen LogP contribution in [0.1, 0.15) is 12.5 Å². The Morgan fingerprint density at radius 2 is 1.76 bits per heavy atom. The number of benzene rings is 2. The van der Waals surface area contributed by atoms with Gasteiger partial charge in [0.15, 0.2) is 0 Å². The predicted octanol–water partition coefficient (Wildman–Crippen LogP) is 2.71. The molecular weight excluding hydrogens is 316 g/mol. The molecule has 0 aliphatic heterocycles. The van der Waals surface area contributed by atoms with Gasteiger partial charge in [-0.15, -0.1) is 0 Å². The van der Waals surface area contributed by atoms with E-state index in [2.05, 4.69) is 5.32 Å². The van der Waals surface area contributed by atoms with Gasteiger partial charge in [0.2, 0.25) is 5.91 Å². The Morgan fingerprint density at radius 1 is 1.04 bits per heavy atom. The van der Waals surface area contributed by atoms with E-state index in [4.69, 9.17) is 9.47 Å². The topological polar surface area (TPSA) is 50.8 Å². The van der Waals surface area contributed by atoms with Crippen molar-refractivity contribution < 1.29 is 14.3 Å². The molecule has 2 aromatic carbocycles. The van der Waals surface area contributed by atoms with E-state index in [1.54, 1.807) is 0 Å². The van der Waals surface area contributed by atoms with Crippen LogP contribution in [0.2, 0.25) is 0 Å². The Labute approximate surface area is 149 Å². The van der Waals surface area contributed by atoms with Gasteiger partial charge < -0.3 is 14.8 Å². The number of ether oxygens (including phenoxy) is 2. The molecule has 0 unspecified atom stereocenters. The van der Waals surface area contributed by atoms with E-state index in [9.17, 15) is 4.79 Å². The third kappa shape index (κ3) is 6.85. The number of carbonyl (C=O) groups excluding carboxylic acids is 1. The molecule has 1 N–H and O–H groups in total. The molecular formula is C20H26N2O3. The number of nitrogens with zero attached hydrogens (tertiary/aromatic N) is 1. The second-order valence-corrected chi connectivity index (χ2v) is 5.72. The summed E-state index contributed by atoms with van der Waals surface area (Å²) in [5.41, 5.74) is 1.08. The van der Waals surface area contributed by atoms with Gasteiger partial charge in [-0.1, -0.05) is 36.4 Å². The van der Waals surface area contributed by atoms with Crippen molar-refractivity contribution >= 4 is 5.91 Å². The lowest BCUT2D eigenvalue weighted by Crippen LogP contribution is -2.36. The number of hydrogen-bond donors (Lipinski definition) is 1. The summed E-state index contributed by atoms with van der Waals surface area (Å²) in [6.07, 6.45) is 0. The third-order valence-corrected chi connectivity index (χ3v) is 3.56. The zero-order valence-electron chi connectivity index (χ0n) is 14.9. The SMILES string of the molecule is CCOc1ccccc1CN(C)CC(=O)NCCOc1ccccc1. The van der Waals surface area contributed by atoms with Crippen molar-refractivity contribution in [2.45, 2.75) is 13.5 Å². The van der Waals surface area contributed by atoms with E-state index in [-0.39, 0.29) is 5.91 Å². The maximum atomic E-state index is 12.0. The Morgan fingerprint density at radius 3 is 2.52 bits per heavy atom. The summed E-state index contributed by atoms with van der Waals surface area (Å²) in [7, 11) is 1.92. The Hall–Kier alpha value is -2.53. The first-order chi connectivity index (χ1) is 12.2. The molecule has 134 valence electrons. The van der Waals surface area contributed by atoms with Crippen LogP contribution in [-0.2, 0) is 11.3 Å². The average Bonchev–Trinajstić information content (AvgIpc) is 2.61. The standard InChI is InChI=1S/C20H26N2O3/c1-3-24-19-12-8-7-9-17(19)15-22(2)16-20(23)21-13-14-25-18-10-5-4-6-11-18/h4-12H,3,13-16H2,1-2H3,(H,21,23). The number of carbonyl (C=O) groups is 1. The van der Waals surface area contributed by atoms with Crippen molar-refractivity contribution in [1.29, 1.82) is 0 Å². The molecule has 0 radical (unpaired) electrons. The first-order valence-corrected chi connectivity index (χ1v) is 8.53. The molecule has 5 nitrogen and oxygen atoms in total. The summed E-state index contributed by atoms with van der Waals surface area (Å²) in [5.74, 6) is 1.66. The summed E-state index contributed by atoms with van der Waals surface area (Å²) >= 11 is 0. The molecule has 0 heterocycles. The fourth-order valence-corrected chi connectivity index (χ4v) is 2.45. The van der Waals surface area contributed by atoms with Gasteiger partial charge in [-0.05, 0) is 32.2 Å². The van der Waals surface area contributed by atoms with Gasteiger partial charge in [-0.2, -0.15) is 0 Å². The molecule has 2 aromatic rings. The number of likely N-dealkylation sites (N-methyl/N-ethyl adjacent to an activating group) is 1. The van der Waals surface area contributed by atoms with Crippen LogP contribution in [0.5, 0.6) is 11.5 Å². The molecule has 0 saturated carbocycles. The van der Waals surface area contributed by atoms with Crippen LogP contribution < -0.4 is 14.8 Å². The van der Waals surface area contributed by atoms with E-state index in [0.29, 0.717) is 32.8 Å². The molecule has 1 amide bonds. The van der Waals surface area contributed by atoms with Crippen LogP contribution in [-0.4, -0.2) is 44.2 Å². The zero-order valence-corrected chi connectivity index (χ0v) is 14.9. The van der Waals surface area contributed by atoms with Crippen molar-refractivity contribution in [1.82, 2.24) is 10.2 Å². The third-order valence-electron chi connectivity index (χ3n) is 3.56. The lowest BCUT2D eigenvalue weighted by atomic mass is 10.2. The van der Waals surface area contributed by atoms with Crippen LogP contribution in [0.15, 0.2) is 54.6 Å². The molecule has 0 fully saturated rings. The number of rotatable bonds is 10. The fraction of sp³-hybridized carbons (Fsp3) is 0.350. The zero-order chi connectivity index (χ0) is 17.9. The summed E-state index contributed by atoms with van der Waals surface area (Å²) in [4.78, 5) is 14.0. The summed E-state index contributed by atoms with van der Waals surface area (Å²) in [5, 5.41) is 2.87. The Kier molecular flexibility index (Phi) is 7.79. The second kappa shape index (κ2) is 10.4. The maximum Gasteiger partial charge on any atom is 0.234 e. The molecule has 0 aliphatic carbocycles. The molecule has 0 aromatic heterocycles. The van der Waals surface area contributed by atoms with Gasteiger partial charge in [-0.25, -0.2) is 0 Å². The lowest BCUT2D eigenvalue weighted by Gasteiger charge is -2.18. The lowest BCUT2D eigenvalue weighted by molar-refractivity contribution is -0.122. The van der Waals surface area contributed by atoms with Crippen molar-refractivity contribution in [3.05, 3.63) is 60.2 Å². The summed E-state index contributed by atoms with van der Waals surface area (Å²) < 4.78 is 11.2. The van der Waals surface area contributed by atoms with Gasteiger partial charge in [0.1, 0.15) is 18.1 Å². The maximum absolute atomic E-state index is 12.0. The molecule has 25 heavy (non-hydrogen) atoms. The van der Waals surface area contributed by atoms with Crippen LogP contribution >= 0.6 is 0 Å². The minimum Gasteiger partial charge on any atom is -0.494 e. The number of amides is 1. The fourth-order valence-electron chi connectivity index (χ4n) is 2.45. The van der Waals surface area contributed by atoms with Crippen molar-refractivity contribution in [3.63, 3.8) is 0 Å². The van der Waals surface area contributed by atoms with Crippen LogP contribution in [0.4, 0.5) is 0 Å². The first-order valence-electron chi connectivity index (χ1n) is 8.53. The molecule has 0 aliphatic rings. The second-order valence-electron chi connectivity index (χ2n) is 5.72. The van der Waals surface area contributed by atoms with E-state index in [0.717, 1.165) is 17.1 Å². The van der Waals surface area contributed by atoms with Crippen molar-refractivity contribution in [2.75, 3.05) is 33.4 Å². The van der Waals surface area contributed by atoms with Crippen molar-refractivity contribution in [2.24, 2.45) is 0 Å². The summed E-state index contributed by atoms with van der Waals surface area (Å²) in [6, 6.07) is 17.5. The van der Waals surface area contributed by atoms with Crippen LogP contribution in [0, 0.1) is 0 Å². The number of para-hydroxylation sites is 2. The molecule has 0 bridgehead atoms. The smallest absolute Gasteiger partial charge is 0.234 e. The van der Waals surface area contributed by atoms with Gasteiger partial charge >= 0.3 is 0 Å². The number of nitrogens with one attached hydrogen (secondary N) is 1. The highest BCUT2D eigenvalue weighted by Gasteiger charge is 2.09. The Balaban J connectivity index is 1.69. The molecule has 0 atom stereocenters. The van der Waals surface area contributed by atoms with Gasteiger partial charge in [0, 0.05) is 12.1 Å². The summed E-state index contributed by atoms with van der Waals surface area (Å²) in [6.45, 7) is 4.51. The van der Waals surface area contributed by atoms with E-state index in [1.807, 2.05) is 73.5 Å². The largest absolute Gasteiger partial charge is 0.494 e. The normalized spacial score (nSPS) is 10.5. The van der Waals surface area contributed by atoms with Gasteiger partial charge in [0.25, 0.3) is 0 Å². The Bertz CT molecular complexity index is 646. The minimum atomic E-state index is -0.0203. The van der Waals surface area contributed by atoms with E-state index < -0.39 is 0 Å². The van der Waals surface area contributed by atoms with Crippen LogP contribution in [0.3, 0.4) is 0 Å². The number of hydrogen-bond acceptors (Lipinski definition) is 4. The minimum absolute atomic E-state index is 0.0203. The molecule has 2 rings (SSSR count). The highest BCUT2D eigenvalue weighted by atomic mass is 16.5. The van der Waals surface area contributed by atoms with Gasteiger partial charge in [-0.3, -0.25) is 9.69 Å². The van der Waals surface area contributed by atoms with Crippen LogP contribution in [0.25, 0.3) is 0 Å². The highest BCUT2D eigenvalue weighted by Crippen LogP contribution is 2.19. The molecule has 0 saturated heterocycles. The first kappa shape index (κ1) is 18.8. The monoisotopic (exact) mass is 342 g/mol. The average molecular weight is 342 g/mol. The van der Waals surface area contributed by atoms with Gasteiger partial charge in [0.05, 0.1) is 19.7 Å². The van der Waals surface area contributed by atoms with E-state index >= 15 is 0 Å². The quantitative estimate of drug-likeness (QED) is 0.675. The van der Waals surface area contributed by atoms with E-state index in [1.165, 1.54) is 0 Å². The highest BCUT2D eigenvalue weighted by molar-refractivity contribution is 5.77. The molecule has 0 spiro atoms. The molecule has 5 heteroatoms.